The molecule has 2 fully saturated rings. The van der Waals surface area contributed by atoms with Crippen molar-refractivity contribution in [1.29, 1.82) is 0 Å². The number of carbonyl (C=O) groups excluding carboxylic acids is 3. The van der Waals surface area contributed by atoms with Crippen molar-refractivity contribution in [3.05, 3.63) is 29.8 Å². The minimum atomic E-state index is -0.340. The van der Waals surface area contributed by atoms with Crippen LogP contribution in [0.3, 0.4) is 0 Å². The lowest BCUT2D eigenvalue weighted by molar-refractivity contribution is -0.143. The maximum absolute atomic E-state index is 12.8. The van der Waals surface area contributed by atoms with E-state index in [9.17, 15) is 14.4 Å². The van der Waals surface area contributed by atoms with Crippen LogP contribution in [0.5, 0.6) is 5.75 Å². The number of carbonyl (C=O) groups is 3. The molecule has 7 heteroatoms. The molecule has 2 saturated heterocycles. The minimum absolute atomic E-state index is 0.00572. The molecule has 140 valence electrons. The van der Waals surface area contributed by atoms with Crippen molar-refractivity contribution < 1.29 is 19.1 Å². The number of amides is 3. The topological polar surface area (TPSA) is 70.2 Å². The second kappa shape index (κ2) is 7.76. The van der Waals surface area contributed by atoms with Crippen molar-refractivity contribution >= 4 is 17.7 Å². The van der Waals surface area contributed by atoms with Crippen molar-refractivity contribution in [3.63, 3.8) is 0 Å². The predicted molar refractivity (Wildman–Crippen MR) is 95.9 cm³/mol. The summed E-state index contributed by atoms with van der Waals surface area (Å²) in [5, 5.41) is 0. The molecule has 0 N–H and O–H groups in total. The molecule has 3 amide bonds. The highest BCUT2D eigenvalue weighted by Crippen LogP contribution is 2.21. The van der Waals surface area contributed by atoms with E-state index in [4.69, 9.17) is 4.74 Å². The molecule has 0 unspecified atom stereocenters. The van der Waals surface area contributed by atoms with E-state index in [1.807, 2.05) is 0 Å². The van der Waals surface area contributed by atoms with Crippen molar-refractivity contribution in [2.75, 3.05) is 39.8 Å². The summed E-state index contributed by atoms with van der Waals surface area (Å²) in [6, 6.07) is 6.75. The molecule has 0 radical (unpaired) electrons. The van der Waals surface area contributed by atoms with Gasteiger partial charge in [0.1, 0.15) is 11.8 Å². The summed E-state index contributed by atoms with van der Waals surface area (Å²) >= 11 is 0. The smallest absolute Gasteiger partial charge is 0.254 e. The molecule has 0 aromatic heterocycles. The second-order valence-corrected chi connectivity index (χ2v) is 6.72. The lowest BCUT2D eigenvalue weighted by atomic mass is 10.1. The Labute approximate surface area is 153 Å². The van der Waals surface area contributed by atoms with Gasteiger partial charge in [-0.25, -0.2) is 0 Å². The number of benzene rings is 1. The highest BCUT2D eigenvalue weighted by atomic mass is 16.5. The van der Waals surface area contributed by atoms with Gasteiger partial charge >= 0.3 is 0 Å². The van der Waals surface area contributed by atoms with Crippen LogP contribution in [0.15, 0.2) is 24.3 Å². The molecule has 26 heavy (non-hydrogen) atoms. The fourth-order valence-corrected chi connectivity index (χ4v) is 3.68. The van der Waals surface area contributed by atoms with Crippen LogP contribution in [0.1, 0.15) is 30.1 Å². The molecule has 1 aromatic rings. The van der Waals surface area contributed by atoms with Crippen LogP contribution in [0, 0.1) is 0 Å². The Balaban J connectivity index is 1.59. The summed E-state index contributed by atoms with van der Waals surface area (Å²) < 4.78 is 5.17. The van der Waals surface area contributed by atoms with Crippen LogP contribution in [-0.2, 0) is 9.59 Å². The molecule has 2 aliphatic rings. The average molecular weight is 359 g/mol. The first-order chi connectivity index (χ1) is 12.5. The third-order valence-electron chi connectivity index (χ3n) is 5.14. The molecule has 0 saturated carbocycles. The van der Waals surface area contributed by atoms with E-state index in [0.717, 1.165) is 12.8 Å². The largest absolute Gasteiger partial charge is 0.497 e. The quantitative estimate of drug-likeness (QED) is 0.807. The molecular weight excluding hydrogens is 334 g/mol. The number of nitrogens with zero attached hydrogens (tertiary/aromatic N) is 3. The summed E-state index contributed by atoms with van der Waals surface area (Å²) in [6.07, 6.45) is 1.59. The molecule has 0 aliphatic carbocycles. The van der Waals surface area contributed by atoms with Crippen LogP contribution >= 0.6 is 0 Å². The van der Waals surface area contributed by atoms with Gasteiger partial charge in [0.2, 0.25) is 11.8 Å². The number of rotatable bonds is 3. The normalized spacial score (nSPS) is 20.2. The number of piperazine rings is 1. The van der Waals surface area contributed by atoms with Crippen LogP contribution in [0.25, 0.3) is 0 Å². The molecular formula is C19H25N3O4. The number of methoxy groups -OCH3 is 1. The lowest BCUT2D eigenvalue weighted by Gasteiger charge is -2.37. The monoisotopic (exact) mass is 359 g/mol. The summed E-state index contributed by atoms with van der Waals surface area (Å²) in [5.74, 6) is 0.552. The zero-order valence-electron chi connectivity index (χ0n) is 15.3. The summed E-state index contributed by atoms with van der Waals surface area (Å²) in [6.45, 7) is 4.15. The number of likely N-dealkylation sites (tertiary alicyclic amines) is 1. The standard InChI is InChI=1S/C19H25N3O4/c1-14(23)22-8-4-7-17(22)19(25)21-11-9-20(10-12-21)18(24)15-5-3-6-16(13-15)26-2/h3,5-6,13,17H,4,7-12H2,1-2H3/t17-/m0/s1. The van der Waals surface area contributed by atoms with Crippen molar-refractivity contribution in [1.82, 2.24) is 14.7 Å². The molecule has 0 bridgehead atoms. The van der Waals surface area contributed by atoms with Crippen molar-refractivity contribution in [3.8, 4) is 5.75 Å². The Morgan fingerprint density at radius 3 is 2.38 bits per heavy atom. The van der Waals surface area contributed by atoms with Gasteiger partial charge in [0.15, 0.2) is 0 Å². The van der Waals surface area contributed by atoms with E-state index in [2.05, 4.69) is 0 Å². The average Bonchev–Trinajstić information content (AvgIpc) is 3.17. The Morgan fingerprint density at radius 2 is 1.73 bits per heavy atom. The lowest BCUT2D eigenvalue weighted by Crippen LogP contribution is -2.55. The maximum atomic E-state index is 12.8. The van der Waals surface area contributed by atoms with E-state index in [1.165, 1.54) is 6.92 Å². The minimum Gasteiger partial charge on any atom is -0.497 e. The number of hydrogen-bond donors (Lipinski definition) is 0. The Bertz CT molecular complexity index is 698. The zero-order chi connectivity index (χ0) is 18.7. The van der Waals surface area contributed by atoms with Crippen LogP contribution in [-0.4, -0.2) is 78.3 Å². The number of hydrogen-bond acceptors (Lipinski definition) is 4. The SMILES string of the molecule is COc1cccc(C(=O)N2CCN(C(=O)[C@@H]3CCCN3C(C)=O)CC2)c1. The first-order valence-corrected chi connectivity index (χ1v) is 9.00. The van der Waals surface area contributed by atoms with E-state index in [-0.39, 0.29) is 23.8 Å². The van der Waals surface area contributed by atoms with Crippen molar-refractivity contribution in [2.45, 2.75) is 25.8 Å². The fourth-order valence-electron chi connectivity index (χ4n) is 3.68. The molecule has 2 heterocycles. The van der Waals surface area contributed by atoms with Crippen LogP contribution in [0.2, 0.25) is 0 Å². The summed E-state index contributed by atoms with van der Waals surface area (Å²) in [5.41, 5.74) is 0.586. The summed E-state index contributed by atoms with van der Waals surface area (Å²) in [4.78, 5) is 42.3. The van der Waals surface area contributed by atoms with Gasteiger partial charge in [-0.05, 0) is 31.0 Å². The van der Waals surface area contributed by atoms with E-state index < -0.39 is 0 Å². The Kier molecular flexibility index (Phi) is 5.44. The molecule has 1 aromatic carbocycles. The molecule has 0 spiro atoms. The number of ether oxygens (including phenoxy) is 1. The fraction of sp³-hybridized carbons (Fsp3) is 0.526. The second-order valence-electron chi connectivity index (χ2n) is 6.72. The molecule has 7 nitrogen and oxygen atoms in total. The first-order valence-electron chi connectivity index (χ1n) is 9.00. The van der Waals surface area contributed by atoms with Gasteiger partial charge in [-0.1, -0.05) is 6.07 Å². The highest BCUT2D eigenvalue weighted by Gasteiger charge is 2.36. The third kappa shape index (κ3) is 3.66. The third-order valence-corrected chi connectivity index (χ3v) is 5.14. The van der Waals surface area contributed by atoms with Gasteiger partial charge in [0, 0.05) is 45.2 Å². The van der Waals surface area contributed by atoms with Gasteiger partial charge in [-0.3, -0.25) is 14.4 Å². The van der Waals surface area contributed by atoms with Gasteiger partial charge in [-0.15, -0.1) is 0 Å². The van der Waals surface area contributed by atoms with Gasteiger partial charge < -0.3 is 19.4 Å². The van der Waals surface area contributed by atoms with Crippen molar-refractivity contribution in [2.24, 2.45) is 0 Å². The van der Waals surface area contributed by atoms with Gasteiger partial charge in [0.25, 0.3) is 5.91 Å². The van der Waals surface area contributed by atoms with E-state index in [1.54, 1.807) is 46.1 Å². The zero-order valence-corrected chi connectivity index (χ0v) is 15.3. The summed E-state index contributed by atoms with van der Waals surface area (Å²) in [7, 11) is 1.57. The Morgan fingerprint density at radius 1 is 1.04 bits per heavy atom. The highest BCUT2D eigenvalue weighted by molar-refractivity contribution is 5.95. The first kappa shape index (κ1) is 18.2. The van der Waals surface area contributed by atoms with Crippen LogP contribution in [0.4, 0.5) is 0 Å². The maximum Gasteiger partial charge on any atom is 0.254 e. The molecule has 1 atom stereocenters. The predicted octanol–water partition coefficient (Wildman–Crippen LogP) is 0.990. The van der Waals surface area contributed by atoms with Crippen LogP contribution < -0.4 is 4.74 Å². The van der Waals surface area contributed by atoms with E-state index in [0.29, 0.717) is 44.0 Å². The van der Waals surface area contributed by atoms with E-state index >= 15 is 0 Å². The molecule has 3 rings (SSSR count). The van der Waals surface area contributed by atoms with Gasteiger partial charge in [-0.2, -0.15) is 0 Å². The molecule has 2 aliphatic heterocycles. The van der Waals surface area contributed by atoms with Gasteiger partial charge in [0.05, 0.1) is 7.11 Å². The Hall–Kier alpha value is -2.57.